The molecule has 0 fully saturated rings. The highest BCUT2D eigenvalue weighted by atomic mass is 16.6. The molecule has 0 aliphatic rings. The van der Waals surface area contributed by atoms with E-state index in [2.05, 4.69) is 5.32 Å². The van der Waals surface area contributed by atoms with Crippen LogP contribution in [0.25, 0.3) is 0 Å². The van der Waals surface area contributed by atoms with Gasteiger partial charge in [0, 0.05) is 12.3 Å². The number of amides is 1. The molecule has 0 aliphatic heterocycles. The molecule has 0 saturated heterocycles. The SMILES string of the molecule is CC(C)[C@@H](C)C(=O)N[C@@H](CCC(=O)OC(C)(C)C)C(=O)OC(C)(C)C. The molecule has 1 amide bonds. The van der Waals surface area contributed by atoms with Crippen molar-refractivity contribution in [3.8, 4) is 0 Å². The zero-order valence-electron chi connectivity index (χ0n) is 17.2. The van der Waals surface area contributed by atoms with Crippen LogP contribution in [0.2, 0.25) is 0 Å². The lowest BCUT2D eigenvalue weighted by Gasteiger charge is -2.26. The van der Waals surface area contributed by atoms with E-state index in [0.717, 1.165) is 0 Å². The van der Waals surface area contributed by atoms with E-state index in [1.807, 2.05) is 13.8 Å². The third-order valence-corrected chi connectivity index (χ3v) is 3.48. The highest BCUT2D eigenvalue weighted by molar-refractivity contribution is 5.86. The number of hydrogen-bond donors (Lipinski definition) is 1. The van der Waals surface area contributed by atoms with Crippen molar-refractivity contribution in [2.45, 2.75) is 92.4 Å². The van der Waals surface area contributed by atoms with Crippen LogP contribution in [0.1, 0.15) is 75.2 Å². The summed E-state index contributed by atoms with van der Waals surface area (Å²) in [6.07, 6.45) is 0.165. The molecule has 146 valence electrons. The minimum atomic E-state index is -0.875. The van der Waals surface area contributed by atoms with E-state index in [4.69, 9.17) is 9.47 Å². The molecule has 0 rings (SSSR count). The molecule has 0 spiro atoms. The first-order chi connectivity index (χ1) is 11.1. The Morgan fingerprint density at radius 3 is 1.76 bits per heavy atom. The van der Waals surface area contributed by atoms with Crippen LogP contribution >= 0.6 is 0 Å². The van der Waals surface area contributed by atoms with Crippen LogP contribution in [0, 0.1) is 11.8 Å². The fourth-order valence-electron chi connectivity index (χ4n) is 1.88. The van der Waals surface area contributed by atoms with Crippen molar-refractivity contribution in [2.75, 3.05) is 0 Å². The molecule has 0 radical (unpaired) electrons. The van der Waals surface area contributed by atoms with Gasteiger partial charge in [0.2, 0.25) is 5.91 Å². The van der Waals surface area contributed by atoms with Gasteiger partial charge in [0.15, 0.2) is 0 Å². The summed E-state index contributed by atoms with van der Waals surface area (Å²) in [6, 6.07) is -0.875. The van der Waals surface area contributed by atoms with Gasteiger partial charge in [-0.05, 0) is 53.9 Å². The van der Waals surface area contributed by atoms with Gasteiger partial charge < -0.3 is 14.8 Å². The normalized spacial score (nSPS) is 14.6. The van der Waals surface area contributed by atoms with Crippen LogP contribution in [0.15, 0.2) is 0 Å². The van der Waals surface area contributed by atoms with Gasteiger partial charge in [0.25, 0.3) is 0 Å². The average molecular weight is 357 g/mol. The van der Waals surface area contributed by atoms with Gasteiger partial charge in [0.05, 0.1) is 0 Å². The minimum Gasteiger partial charge on any atom is -0.460 e. The predicted octanol–water partition coefficient (Wildman–Crippen LogP) is 3.23. The monoisotopic (exact) mass is 357 g/mol. The Bertz CT molecular complexity index is 471. The predicted molar refractivity (Wildman–Crippen MR) is 96.9 cm³/mol. The number of nitrogens with one attached hydrogen (secondary N) is 1. The fourth-order valence-corrected chi connectivity index (χ4v) is 1.88. The summed E-state index contributed by atoms with van der Waals surface area (Å²) in [7, 11) is 0. The topological polar surface area (TPSA) is 81.7 Å². The van der Waals surface area contributed by atoms with Gasteiger partial charge in [-0.15, -0.1) is 0 Å². The number of esters is 2. The lowest BCUT2D eigenvalue weighted by Crippen LogP contribution is -2.47. The van der Waals surface area contributed by atoms with Crippen molar-refractivity contribution >= 4 is 17.8 Å². The van der Waals surface area contributed by atoms with Crippen LogP contribution < -0.4 is 5.32 Å². The zero-order chi connectivity index (χ0) is 20.0. The summed E-state index contributed by atoms with van der Waals surface area (Å²) in [4.78, 5) is 36.6. The summed E-state index contributed by atoms with van der Waals surface area (Å²) < 4.78 is 10.6. The molecule has 2 atom stereocenters. The maximum absolute atomic E-state index is 12.4. The van der Waals surface area contributed by atoms with Gasteiger partial charge in [0.1, 0.15) is 17.2 Å². The summed E-state index contributed by atoms with van der Waals surface area (Å²) in [5, 5.41) is 2.72. The first-order valence-corrected chi connectivity index (χ1v) is 8.87. The molecule has 25 heavy (non-hydrogen) atoms. The van der Waals surface area contributed by atoms with Gasteiger partial charge in [-0.25, -0.2) is 4.79 Å². The number of carbonyl (C=O) groups excluding carboxylic acids is 3. The molecule has 6 nitrogen and oxygen atoms in total. The Kier molecular flexibility index (Phi) is 8.62. The number of carbonyl (C=O) groups is 3. The van der Waals surface area contributed by atoms with Crippen molar-refractivity contribution in [2.24, 2.45) is 11.8 Å². The number of hydrogen-bond acceptors (Lipinski definition) is 5. The molecule has 0 unspecified atom stereocenters. The minimum absolute atomic E-state index is 0.0253. The summed E-state index contributed by atoms with van der Waals surface area (Å²) in [5.41, 5.74) is -1.26. The maximum atomic E-state index is 12.4. The van der Waals surface area contributed by atoms with Gasteiger partial charge in [-0.1, -0.05) is 20.8 Å². The van der Waals surface area contributed by atoms with Gasteiger partial charge >= 0.3 is 11.9 Å². The van der Waals surface area contributed by atoms with E-state index >= 15 is 0 Å². The standard InChI is InChI=1S/C19H35NO5/c1-12(2)13(3)16(22)20-14(17(23)25-19(7,8)9)10-11-15(21)24-18(4,5)6/h12-14H,10-11H2,1-9H3,(H,20,22)/t13-,14+/m1/s1. The fraction of sp³-hybridized carbons (Fsp3) is 0.842. The van der Waals surface area contributed by atoms with E-state index in [1.54, 1.807) is 48.5 Å². The average Bonchev–Trinajstić information content (AvgIpc) is 2.37. The van der Waals surface area contributed by atoms with Crippen LogP contribution in [0.5, 0.6) is 0 Å². The Morgan fingerprint density at radius 1 is 0.880 bits per heavy atom. The molecule has 0 saturated carbocycles. The van der Waals surface area contributed by atoms with E-state index in [9.17, 15) is 14.4 Å². The summed E-state index contributed by atoms with van der Waals surface area (Å²) in [6.45, 7) is 16.3. The second-order valence-corrected chi connectivity index (χ2v) is 8.75. The molecule has 0 bridgehead atoms. The van der Waals surface area contributed by atoms with Crippen molar-refractivity contribution in [3.63, 3.8) is 0 Å². The maximum Gasteiger partial charge on any atom is 0.329 e. The first-order valence-electron chi connectivity index (χ1n) is 8.87. The second-order valence-electron chi connectivity index (χ2n) is 8.75. The summed E-state index contributed by atoms with van der Waals surface area (Å²) >= 11 is 0. The Labute approximate surface area is 152 Å². The van der Waals surface area contributed by atoms with E-state index in [0.29, 0.717) is 0 Å². The molecular weight excluding hydrogens is 322 g/mol. The molecule has 0 heterocycles. The largest absolute Gasteiger partial charge is 0.460 e. The molecule has 0 aromatic carbocycles. The van der Waals surface area contributed by atoms with Gasteiger partial charge in [-0.3, -0.25) is 9.59 Å². The highest BCUT2D eigenvalue weighted by Gasteiger charge is 2.30. The molecule has 1 N–H and O–H groups in total. The lowest BCUT2D eigenvalue weighted by atomic mass is 9.96. The van der Waals surface area contributed by atoms with Gasteiger partial charge in [-0.2, -0.15) is 0 Å². The quantitative estimate of drug-likeness (QED) is 0.708. The Hall–Kier alpha value is -1.59. The third kappa shape index (κ3) is 10.8. The van der Waals surface area contributed by atoms with Crippen LogP contribution in [0.4, 0.5) is 0 Å². The Morgan fingerprint density at radius 2 is 1.36 bits per heavy atom. The molecule has 0 aromatic rings. The number of ether oxygens (including phenoxy) is 2. The second kappa shape index (κ2) is 9.20. The molecule has 0 aromatic heterocycles. The van der Waals surface area contributed by atoms with E-state index < -0.39 is 29.2 Å². The summed E-state index contributed by atoms with van der Waals surface area (Å²) in [5.74, 6) is -1.28. The van der Waals surface area contributed by atoms with E-state index in [1.165, 1.54) is 0 Å². The van der Waals surface area contributed by atoms with E-state index in [-0.39, 0.29) is 30.6 Å². The lowest BCUT2D eigenvalue weighted by molar-refractivity contribution is -0.160. The molecule has 6 heteroatoms. The van der Waals surface area contributed by atoms with Crippen molar-refractivity contribution < 1.29 is 23.9 Å². The van der Waals surface area contributed by atoms with Crippen molar-refractivity contribution in [1.29, 1.82) is 0 Å². The highest BCUT2D eigenvalue weighted by Crippen LogP contribution is 2.15. The van der Waals surface area contributed by atoms with Crippen LogP contribution in [-0.4, -0.2) is 35.1 Å². The first kappa shape index (κ1) is 23.4. The van der Waals surface area contributed by atoms with Crippen LogP contribution in [-0.2, 0) is 23.9 Å². The molecular formula is C19H35NO5. The van der Waals surface area contributed by atoms with Crippen molar-refractivity contribution in [3.05, 3.63) is 0 Å². The van der Waals surface area contributed by atoms with Crippen LogP contribution in [0.3, 0.4) is 0 Å². The Balaban J connectivity index is 4.99. The van der Waals surface area contributed by atoms with Crippen molar-refractivity contribution in [1.82, 2.24) is 5.32 Å². The smallest absolute Gasteiger partial charge is 0.329 e. The third-order valence-electron chi connectivity index (χ3n) is 3.48. The molecule has 0 aliphatic carbocycles. The zero-order valence-corrected chi connectivity index (χ0v) is 17.2. The number of rotatable bonds is 7.